The van der Waals surface area contributed by atoms with Gasteiger partial charge in [0.25, 0.3) is 5.91 Å². The van der Waals surface area contributed by atoms with Crippen LogP contribution in [-0.4, -0.2) is 48.4 Å². The van der Waals surface area contributed by atoms with E-state index in [1.807, 2.05) is 7.05 Å². The molecule has 1 heterocycles. The summed E-state index contributed by atoms with van der Waals surface area (Å²) in [6.07, 6.45) is 2.36. The average molecular weight is 296 g/mol. The predicted octanol–water partition coefficient (Wildman–Crippen LogP) is 2.48. The zero-order valence-electron chi connectivity index (χ0n) is 12.1. The number of hydrogen-bond acceptors (Lipinski definition) is 3. The van der Waals surface area contributed by atoms with Gasteiger partial charge in [-0.1, -0.05) is 18.5 Å². The molecule has 1 aliphatic heterocycles. The number of carbonyl (C=O) groups excluding carboxylic acids is 1. The predicted molar refractivity (Wildman–Crippen MR) is 83.1 cm³/mol. The topological polar surface area (TPSA) is 49.6 Å². The Labute approximate surface area is 125 Å². The van der Waals surface area contributed by atoms with Crippen molar-refractivity contribution in [1.29, 1.82) is 0 Å². The van der Waals surface area contributed by atoms with Gasteiger partial charge < -0.3 is 10.6 Å². The second-order valence-electron chi connectivity index (χ2n) is 5.34. The van der Waals surface area contributed by atoms with Crippen LogP contribution in [0.4, 0.5) is 5.69 Å². The number of halogens is 1. The zero-order chi connectivity index (χ0) is 14.7. The SMILES string of the molecule is CCN1CCCC1CN(C)C(=O)c1cc(Cl)ccc1N. The number of nitrogens with zero attached hydrogens (tertiary/aromatic N) is 2. The summed E-state index contributed by atoms with van der Waals surface area (Å²) in [5.74, 6) is -0.0621. The van der Waals surface area contributed by atoms with Gasteiger partial charge in [-0.05, 0) is 44.1 Å². The number of anilines is 1. The molecule has 0 spiro atoms. The summed E-state index contributed by atoms with van der Waals surface area (Å²) in [4.78, 5) is 16.6. The van der Waals surface area contributed by atoms with Gasteiger partial charge in [-0.25, -0.2) is 0 Å². The van der Waals surface area contributed by atoms with Gasteiger partial charge in [-0.15, -0.1) is 0 Å². The Bertz CT molecular complexity index is 492. The second-order valence-corrected chi connectivity index (χ2v) is 5.78. The van der Waals surface area contributed by atoms with Crippen LogP contribution >= 0.6 is 11.6 Å². The smallest absolute Gasteiger partial charge is 0.255 e. The molecule has 1 fully saturated rings. The monoisotopic (exact) mass is 295 g/mol. The number of nitrogen functional groups attached to an aromatic ring is 1. The third-order valence-corrected chi connectivity index (χ3v) is 4.22. The maximum absolute atomic E-state index is 12.5. The van der Waals surface area contributed by atoms with Crippen molar-refractivity contribution in [2.45, 2.75) is 25.8 Å². The Morgan fingerprint density at radius 2 is 2.30 bits per heavy atom. The standard InChI is InChI=1S/C15H22ClN3O/c1-3-19-8-4-5-12(19)10-18(2)15(20)13-9-11(16)6-7-14(13)17/h6-7,9,12H,3-5,8,10,17H2,1-2H3. The number of rotatable bonds is 4. The highest BCUT2D eigenvalue weighted by Gasteiger charge is 2.26. The van der Waals surface area contributed by atoms with Gasteiger partial charge in [0, 0.05) is 30.3 Å². The van der Waals surface area contributed by atoms with E-state index in [2.05, 4.69) is 11.8 Å². The third-order valence-electron chi connectivity index (χ3n) is 3.98. The lowest BCUT2D eigenvalue weighted by atomic mass is 10.1. The molecule has 0 radical (unpaired) electrons. The molecule has 20 heavy (non-hydrogen) atoms. The van der Waals surface area contributed by atoms with Crippen LogP contribution in [0.5, 0.6) is 0 Å². The van der Waals surface area contributed by atoms with Crippen LogP contribution in [0.1, 0.15) is 30.1 Å². The lowest BCUT2D eigenvalue weighted by Gasteiger charge is -2.28. The summed E-state index contributed by atoms with van der Waals surface area (Å²) in [7, 11) is 1.83. The average Bonchev–Trinajstić information content (AvgIpc) is 2.87. The van der Waals surface area contributed by atoms with E-state index in [0.29, 0.717) is 22.3 Å². The Balaban J connectivity index is 2.07. The normalized spacial score (nSPS) is 19.2. The van der Waals surface area contributed by atoms with Crippen LogP contribution in [0.25, 0.3) is 0 Å². The maximum Gasteiger partial charge on any atom is 0.255 e. The van der Waals surface area contributed by atoms with Crippen molar-refractivity contribution in [2.75, 3.05) is 32.4 Å². The number of amides is 1. The van der Waals surface area contributed by atoms with E-state index in [0.717, 1.165) is 26.1 Å². The molecule has 2 N–H and O–H groups in total. The first-order chi connectivity index (χ1) is 9.52. The van der Waals surface area contributed by atoms with Crippen LogP contribution in [0, 0.1) is 0 Å². The number of hydrogen-bond donors (Lipinski definition) is 1. The van der Waals surface area contributed by atoms with Crippen LogP contribution in [-0.2, 0) is 0 Å². The van der Waals surface area contributed by atoms with Crippen molar-refractivity contribution in [3.8, 4) is 0 Å². The molecule has 1 aliphatic rings. The molecular formula is C15H22ClN3O. The van der Waals surface area contributed by atoms with Gasteiger partial charge in [-0.2, -0.15) is 0 Å². The van der Waals surface area contributed by atoms with E-state index in [9.17, 15) is 4.79 Å². The highest BCUT2D eigenvalue weighted by Crippen LogP contribution is 2.21. The highest BCUT2D eigenvalue weighted by molar-refractivity contribution is 6.31. The Morgan fingerprint density at radius 3 is 3.00 bits per heavy atom. The molecule has 4 nitrogen and oxygen atoms in total. The summed E-state index contributed by atoms with van der Waals surface area (Å²) >= 11 is 5.95. The van der Waals surface area contributed by atoms with Crippen molar-refractivity contribution >= 4 is 23.2 Å². The molecule has 1 amide bonds. The van der Waals surface area contributed by atoms with Crippen molar-refractivity contribution in [2.24, 2.45) is 0 Å². The molecule has 2 rings (SSSR count). The minimum absolute atomic E-state index is 0.0621. The van der Waals surface area contributed by atoms with Gasteiger partial charge in [0.05, 0.1) is 5.56 Å². The molecular weight excluding hydrogens is 274 g/mol. The molecule has 1 aromatic rings. The third kappa shape index (κ3) is 3.25. The fourth-order valence-corrected chi connectivity index (χ4v) is 3.01. The van der Waals surface area contributed by atoms with E-state index in [1.54, 1.807) is 23.1 Å². The van der Waals surface area contributed by atoms with E-state index >= 15 is 0 Å². The minimum atomic E-state index is -0.0621. The Hall–Kier alpha value is -1.26. The fraction of sp³-hybridized carbons (Fsp3) is 0.533. The van der Waals surface area contributed by atoms with E-state index < -0.39 is 0 Å². The van der Waals surface area contributed by atoms with E-state index in [1.165, 1.54) is 6.42 Å². The molecule has 0 aliphatic carbocycles. The summed E-state index contributed by atoms with van der Waals surface area (Å²) in [5.41, 5.74) is 6.84. The van der Waals surface area contributed by atoms with Crippen molar-refractivity contribution < 1.29 is 4.79 Å². The molecule has 1 saturated heterocycles. The summed E-state index contributed by atoms with van der Waals surface area (Å²) in [6.45, 7) is 5.06. The first-order valence-corrected chi connectivity index (χ1v) is 7.45. The highest BCUT2D eigenvalue weighted by atomic mass is 35.5. The minimum Gasteiger partial charge on any atom is -0.398 e. The summed E-state index contributed by atoms with van der Waals surface area (Å²) in [5, 5.41) is 0.534. The molecule has 1 atom stereocenters. The van der Waals surface area contributed by atoms with E-state index in [-0.39, 0.29) is 5.91 Å². The number of likely N-dealkylation sites (tertiary alicyclic amines) is 1. The number of carbonyl (C=O) groups is 1. The van der Waals surface area contributed by atoms with Gasteiger partial charge in [0.1, 0.15) is 0 Å². The van der Waals surface area contributed by atoms with Crippen LogP contribution in [0.2, 0.25) is 5.02 Å². The Morgan fingerprint density at radius 1 is 1.55 bits per heavy atom. The lowest BCUT2D eigenvalue weighted by Crippen LogP contribution is -2.41. The van der Waals surface area contributed by atoms with Crippen LogP contribution in [0.3, 0.4) is 0 Å². The number of nitrogens with two attached hydrogens (primary N) is 1. The zero-order valence-corrected chi connectivity index (χ0v) is 12.9. The lowest BCUT2D eigenvalue weighted by molar-refractivity contribution is 0.0755. The fourth-order valence-electron chi connectivity index (χ4n) is 2.84. The van der Waals surface area contributed by atoms with Crippen LogP contribution in [0.15, 0.2) is 18.2 Å². The maximum atomic E-state index is 12.5. The molecule has 5 heteroatoms. The molecule has 1 aromatic carbocycles. The summed E-state index contributed by atoms with van der Waals surface area (Å²) < 4.78 is 0. The molecule has 0 saturated carbocycles. The van der Waals surface area contributed by atoms with Gasteiger partial charge in [-0.3, -0.25) is 9.69 Å². The largest absolute Gasteiger partial charge is 0.398 e. The first kappa shape index (κ1) is 15.1. The summed E-state index contributed by atoms with van der Waals surface area (Å²) in [6, 6.07) is 5.47. The van der Waals surface area contributed by atoms with E-state index in [4.69, 9.17) is 17.3 Å². The van der Waals surface area contributed by atoms with Gasteiger partial charge >= 0.3 is 0 Å². The van der Waals surface area contributed by atoms with Crippen molar-refractivity contribution in [1.82, 2.24) is 9.80 Å². The second kappa shape index (κ2) is 6.46. The van der Waals surface area contributed by atoms with Crippen molar-refractivity contribution in [3.05, 3.63) is 28.8 Å². The number of likely N-dealkylation sites (N-methyl/N-ethyl adjacent to an activating group) is 2. The molecule has 110 valence electrons. The van der Waals surface area contributed by atoms with Gasteiger partial charge in [0.15, 0.2) is 0 Å². The first-order valence-electron chi connectivity index (χ1n) is 7.07. The number of benzene rings is 1. The van der Waals surface area contributed by atoms with Crippen molar-refractivity contribution in [3.63, 3.8) is 0 Å². The molecule has 0 bridgehead atoms. The molecule has 0 aromatic heterocycles. The quantitative estimate of drug-likeness (QED) is 0.868. The van der Waals surface area contributed by atoms with Gasteiger partial charge in [0.2, 0.25) is 0 Å². The molecule has 1 unspecified atom stereocenters. The van der Waals surface area contributed by atoms with Crippen LogP contribution < -0.4 is 5.73 Å². The Kier molecular flexibility index (Phi) is 4.89.